The molecule has 1 aliphatic rings. The Hall–Kier alpha value is -0.200. The summed E-state index contributed by atoms with van der Waals surface area (Å²) >= 11 is 0. The van der Waals surface area contributed by atoms with Crippen molar-refractivity contribution < 1.29 is 20.3 Å². The van der Waals surface area contributed by atoms with Crippen molar-refractivity contribution in [3.63, 3.8) is 0 Å². The van der Waals surface area contributed by atoms with Gasteiger partial charge in [-0.1, -0.05) is 48.5 Å². The summed E-state index contributed by atoms with van der Waals surface area (Å²) in [7, 11) is 0. The maximum atomic E-state index is 10.2. The van der Waals surface area contributed by atoms with E-state index in [2.05, 4.69) is 20.8 Å². The van der Waals surface area contributed by atoms with E-state index in [1.165, 1.54) is 0 Å². The molecule has 0 saturated carbocycles. The summed E-state index contributed by atoms with van der Waals surface area (Å²) in [4.78, 5) is 5.30. The minimum absolute atomic E-state index is 0.0366. The Labute approximate surface area is 116 Å². The molecule has 0 amide bonds. The molecule has 1 saturated heterocycles. The molecule has 0 aromatic heterocycles. The lowest BCUT2D eigenvalue weighted by Gasteiger charge is -2.41. The van der Waals surface area contributed by atoms with E-state index in [9.17, 15) is 15.4 Å². The molecular formula is C14H29NO4. The fourth-order valence-corrected chi connectivity index (χ4v) is 2.90. The third-order valence-corrected chi connectivity index (χ3v) is 3.67. The molecule has 1 aliphatic heterocycles. The highest BCUT2D eigenvalue weighted by molar-refractivity contribution is 4.98. The third kappa shape index (κ3) is 3.47. The Bertz CT molecular complexity index is 329. The van der Waals surface area contributed by atoms with Crippen molar-refractivity contribution in [2.24, 2.45) is 16.2 Å². The van der Waals surface area contributed by atoms with Crippen LogP contribution < -0.4 is 0 Å². The lowest BCUT2D eigenvalue weighted by Crippen LogP contribution is -2.54. The monoisotopic (exact) mass is 275 g/mol. The van der Waals surface area contributed by atoms with Crippen LogP contribution in [-0.4, -0.2) is 32.7 Å². The number of aliphatic hydroxyl groups is 2. The molecule has 1 fully saturated rings. The molecule has 0 aliphatic carbocycles. The largest absolute Gasteiger partial charge is 0.350 e. The van der Waals surface area contributed by atoms with Crippen molar-refractivity contribution in [2.75, 3.05) is 0 Å². The minimum atomic E-state index is -2.38. The normalized spacial score (nSPS) is 32.8. The summed E-state index contributed by atoms with van der Waals surface area (Å²) in [5, 5.41) is 30.3. The van der Waals surface area contributed by atoms with Crippen LogP contribution in [0.5, 0.6) is 0 Å². The van der Waals surface area contributed by atoms with Gasteiger partial charge in [0.2, 0.25) is 0 Å². The van der Waals surface area contributed by atoms with Crippen LogP contribution >= 0.6 is 0 Å². The summed E-state index contributed by atoms with van der Waals surface area (Å²) < 4.78 is 0. The van der Waals surface area contributed by atoms with Gasteiger partial charge in [-0.05, 0) is 28.9 Å². The van der Waals surface area contributed by atoms with Gasteiger partial charge in [0.25, 0.3) is 5.91 Å². The van der Waals surface area contributed by atoms with Crippen molar-refractivity contribution in [3.8, 4) is 0 Å². The van der Waals surface area contributed by atoms with E-state index in [0.717, 1.165) is 0 Å². The van der Waals surface area contributed by atoms with Crippen LogP contribution in [0.2, 0.25) is 0 Å². The Kier molecular flexibility index (Phi) is 4.14. The second kappa shape index (κ2) is 4.67. The molecule has 5 nitrogen and oxygen atoms in total. The molecule has 2 unspecified atom stereocenters. The number of rotatable bonds is 2. The van der Waals surface area contributed by atoms with Crippen LogP contribution in [0.25, 0.3) is 0 Å². The van der Waals surface area contributed by atoms with Gasteiger partial charge in [0.05, 0.1) is 11.5 Å². The van der Waals surface area contributed by atoms with Crippen LogP contribution in [0.1, 0.15) is 61.3 Å². The zero-order valence-corrected chi connectivity index (χ0v) is 13.2. The molecule has 1 rings (SSSR count). The zero-order valence-electron chi connectivity index (χ0n) is 13.2. The maximum absolute atomic E-state index is 10.2. The Balaban J connectivity index is 3.10. The Morgan fingerprint density at radius 1 is 1.05 bits per heavy atom. The maximum Gasteiger partial charge on any atom is 0.280 e. The van der Waals surface area contributed by atoms with Crippen molar-refractivity contribution in [3.05, 3.63) is 0 Å². The van der Waals surface area contributed by atoms with Crippen LogP contribution in [0, 0.1) is 16.2 Å². The van der Waals surface area contributed by atoms with Crippen molar-refractivity contribution in [2.45, 2.75) is 73.3 Å². The number of nitrogens with zero attached hydrogens (tertiary/aromatic N) is 1. The quantitative estimate of drug-likeness (QED) is 0.675. The van der Waals surface area contributed by atoms with Gasteiger partial charge in [0.15, 0.2) is 0 Å². The Morgan fingerprint density at radius 3 is 1.89 bits per heavy atom. The van der Waals surface area contributed by atoms with Gasteiger partial charge in [0, 0.05) is 0 Å². The minimum Gasteiger partial charge on any atom is -0.350 e. The van der Waals surface area contributed by atoms with Crippen molar-refractivity contribution in [1.82, 2.24) is 5.23 Å². The summed E-state index contributed by atoms with van der Waals surface area (Å²) in [5.74, 6) is -2.38. The second-order valence-electron chi connectivity index (χ2n) is 8.42. The molecule has 0 spiro atoms. The number of hydrogen-bond acceptors (Lipinski definition) is 5. The van der Waals surface area contributed by atoms with E-state index >= 15 is 0 Å². The Morgan fingerprint density at radius 2 is 1.53 bits per heavy atom. The first-order valence-corrected chi connectivity index (χ1v) is 6.80. The third-order valence-electron chi connectivity index (χ3n) is 3.67. The SMILES string of the molecule is CC(C)(C)CC1ON(O)C(O)(O)C1(C)CC(C)(C)C. The van der Waals surface area contributed by atoms with E-state index in [1.54, 1.807) is 6.92 Å². The molecule has 5 heteroatoms. The highest BCUT2D eigenvalue weighted by Gasteiger charge is 2.64. The van der Waals surface area contributed by atoms with Gasteiger partial charge in [-0.3, -0.25) is 10.0 Å². The zero-order chi connectivity index (χ0) is 15.3. The molecular weight excluding hydrogens is 246 g/mol. The van der Waals surface area contributed by atoms with Crippen molar-refractivity contribution in [1.29, 1.82) is 0 Å². The van der Waals surface area contributed by atoms with Gasteiger partial charge in [-0.25, -0.2) is 0 Å². The van der Waals surface area contributed by atoms with E-state index < -0.39 is 17.4 Å². The summed E-state index contributed by atoms with van der Waals surface area (Å²) in [5.41, 5.74) is -1.12. The second-order valence-corrected chi connectivity index (χ2v) is 8.42. The highest BCUT2D eigenvalue weighted by Crippen LogP contribution is 2.52. The molecule has 19 heavy (non-hydrogen) atoms. The van der Waals surface area contributed by atoms with E-state index in [4.69, 9.17) is 4.84 Å². The molecule has 1 heterocycles. The van der Waals surface area contributed by atoms with Crippen LogP contribution in [0.15, 0.2) is 0 Å². The van der Waals surface area contributed by atoms with E-state index in [-0.39, 0.29) is 16.1 Å². The molecule has 0 bridgehead atoms. The summed E-state index contributed by atoms with van der Waals surface area (Å²) in [6.07, 6.45) is 0.691. The van der Waals surface area contributed by atoms with E-state index in [0.29, 0.717) is 12.8 Å². The first-order chi connectivity index (χ1) is 8.19. The van der Waals surface area contributed by atoms with Crippen molar-refractivity contribution >= 4 is 0 Å². The van der Waals surface area contributed by atoms with Gasteiger partial charge < -0.3 is 10.2 Å². The van der Waals surface area contributed by atoms with Gasteiger partial charge >= 0.3 is 0 Å². The lowest BCUT2D eigenvalue weighted by atomic mass is 9.67. The molecule has 114 valence electrons. The molecule has 0 aromatic carbocycles. The average molecular weight is 275 g/mol. The number of hydrogen-bond donors (Lipinski definition) is 3. The van der Waals surface area contributed by atoms with Gasteiger partial charge in [-0.15, -0.1) is 0 Å². The molecule has 3 N–H and O–H groups in total. The predicted octanol–water partition coefficient (Wildman–Crippen LogP) is 2.51. The molecule has 2 atom stereocenters. The number of hydroxylamine groups is 2. The first-order valence-electron chi connectivity index (χ1n) is 6.80. The summed E-state index contributed by atoms with van der Waals surface area (Å²) in [6, 6.07) is 0. The van der Waals surface area contributed by atoms with E-state index in [1.807, 2.05) is 20.8 Å². The van der Waals surface area contributed by atoms with Crippen LogP contribution in [0.3, 0.4) is 0 Å². The van der Waals surface area contributed by atoms with Gasteiger partial charge in [-0.2, -0.15) is 0 Å². The fourth-order valence-electron chi connectivity index (χ4n) is 2.90. The van der Waals surface area contributed by atoms with Crippen LogP contribution in [-0.2, 0) is 4.84 Å². The lowest BCUT2D eigenvalue weighted by molar-refractivity contribution is -0.466. The van der Waals surface area contributed by atoms with Gasteiger partial charge in [0.1, 0.15) is 0 Å². The van der Waals surface area contributed by atoms with Crippen LogP contribution in [0.4, 0.5) is 0 Å². The highest BCUT2D eigenvalue weighted by atomic mass is 16.9. The topological polar surface area (TPSA) is 73.2 Å². The fraction of sp³-hybridized carbons (Fsp3) is 1.00. The summed E-state index contributed by atoms with van der Waals surface area (Å²) in [6.45, 7) is 14.0. The average Bonchev–Trinajstić information content (AvgIpc) is 2.23. The molecule has 0 radical (unpaired) electrons. The first kappa shape index (κ1) is 16.9. The standard InChI is InChI=1S/C14H29NO4/c1-11(2,3)8-10-13(7,9-12(4,5)6)14(16,17)15(18)19-10/h10,16-18H,8-9H2,1-7H3. The predicted molar refractivity (Wildman–Crippen MR) is 71.9 cm³/mol. The smallest absolute Gasteiger partial charge is 0.280 e. The molecule has 0 aromatic rings.